The predicted octanol–water partition coefficient (Wildman–Crippen LogP) is 1.98. The number of nitrogens with one attached hydrogen (secondary N) is 1. The second kappa shape index (κ2) is 5.07. The Balaban J connectivity index is 2.11. The predicted molar refractivity (Wildman–Crippen MR) is 65.1 cm³/mol. The number of rotatable bonds is 3. The van der Waals surface area contributed by atoms with Crippen molar-refractivity contribution in [1.82, 2.24) is 10.4 Å². The molecule has 1 aliphatic rings. The molecule has 2 rings (SSSR count). The zero-order valence-electron chi connectivity index (χ0n) is 9.15. The number of hydrazine groups is 1. The van der Waals surface area contributed by atoms with Crippen molar-refractivity contribution in [3.8, 4) is 0 Å². The molecule has 88 valence electrons. The molecule has 0 unspecified atom stereocenters. The van der Waals surface area contributed by atoms with Gasteiger partial charge in [0.25, 0.3) is 0 Å². The van der Waals surface area contributed by atoms with E-state index in [0.717, 1.165) is 0 Å². The molecule has 5 heteroatoms. The maximum atomic E-state index is 11.2. The van der Waals surface area contributed by atoms with Gasteiger partial charge in [0.05, 0.1) is 0 Å². The van der Waals surface area contributed by atoms with Gasteiger partial charge >= 0.3 is 6.09 Å². The highest BCUT2D eigenvalue weighted by Crippen LogP contribution is 2.14. The molecule has 0 fully saturated rings. The van der Waals surface area contributed by atoms with Gasteiger partial charge in [0.1, 0.15) is 6.67 Å². The molecule has 17 heavy (non-hydrogen) atoms. The molecule has 1 aromatic carbocycles. The lowest BCUT2D eigenvalue weighted by molar-refractivity contribution is 0.194. The third-order valence-electron chi connectivity index (χ3n) is 2.31. The van der Waals surface area contributed by atoms with Gasteiger partial charge in [0.2, 0.25) is 0 Å². The van der Waals surface area contributed by atoms with Crippen LogP contribution in [0.25, 0.3) is 0 Å². The van der Waals surface area contributed by atoms with E-state index in [2.05, 4.69) is 5.43 Å². The highest BCUT2D eigenvalue weighted by molar-refractivity contribution is 5.85. The van der Waals surface area contributed by atoms with Crippen molar-refractivity contribution in [2.75, 3.05) is 11.6 Å². The second-order valence-electron chi connectivity index (χ2n) is 3.49. The van der Waals surface area contributed by atoms with E-state index in [-0.39, 0.29) is 6.67 Å². The molecule has 0 saturated heterocycles. The van der Waals surface area contributed by atoms with Crippen molar-refractivity contribution in [2.24, 2.45) is 0 Å². The monoisotopic (exact) mass is 231 g/mol. The quantitative estimate of drug-likeness (QED) is 0.835. The smallest absolute Gasteiger partial charge is 0.413 e. The Bertz CT molecular complexity index is 442. The summed E-state index contributed by atoms with van der Waals surface area (Å²) in [5, 5.41) is 10.9. The maximum absolute atomic E-state index is 11.2. The molecular formula is C12H13N3O2. The van der Waals surface area contributed by atoms with E-state index in [0.29, 0.717) is 5.69 Å². The lowest BCUT2D eigenvalue weighted by Gasteiger charge is -2.28. The zero-order chi connectivity index (χ0) is 12.1. The molecule has 0 radical (unpaired) electrons. The van der Waals surface area contributed by atoms with E-state index in [9.17, 15) is 9.90 Å². The molecule has 1 amide bonds. The van der Waals surface area contributed by atoms with Gasteiger partial charge in [0, 0.05) is 18.1 Å². The number of benzene rings is 1. The highest BCUT2D eigenvalue weighted by Gasteiger charge is 2.16. The van der Waals surface area contributed by atoms with Crippen LogP contribution in [0.3, 0.4) is 0 Å². The molecule has 2 N–H and O–H groups in total. The Morgan fingerprint density at radius 1 is 1.29 bits per heavy atom. The fraction of sp³-hybridized carbons (Fsp3) is 0.0833. The molecule has 0 atom stereocenters. The van der Waals surface area contributed by atoms with Crippen LogP contribution < -0.4 is 10.3 Å². The number of hydrogen-bond acceptors (Lipinski definition) is 3. The van der Waals surface area contributed by atoms with Crippen LogP contribution in [0.5, 0.6) is 0 Å². The van der Waals surface area contributed by atoms with Gasteiger partial charge in [-0.2, -0.15) is 0 Å². The average Bonchev–Trinajstić information content (AvgIpc) is 2.38. The lowest BCUT2D eigenvalue weighted by Crippen LogP contribution is -2.43. The molecule has 1 aliphatic heterocycles. The van der Waals surface area contributed by atoms with Crippen LogP contribution in [0, 0.1) is 0 Å². The minimum absolute atomic E-state index is 0.222. The van der Waals surface area contributed by atoms with Gasteiger partial charge in [0.15, 0.2) is 0 Å². The largest absolute Gasteiger partial charge is 0.465 e. The highest BCUT2D eigenvalue weighted by atomic mass is 16.4. The molecule has 0 aromatic heterocycles. The van der Waals surface area contributed by atoms with Crippen LogP contribution in [-0.4, -0.2) is 22.9 Å². The van der Waals surface area contributed by atoms with Crippen LogP contribution in [0.2, 0.25) is 0 Å². The Kier molecular flexibility index (Phi) is 3.30. The Labute approximate surface area is 99.2 Å². The molecule has 1 aromatic rings. The van der Waals surface area contributed by atoms with Crippen molar-refractivity contribution in [3.05, 3.63) is 54.9 Å². The van der Waals surface area contributed by atoms with Crippen LogP contribution in [0.1, 0.15) is 0 Å². The average molecular weight is 231 g/mol. The molecular weight excluding hydrogens is 218 g/mol. The topological polar surface area (TPSA) is 55.8 Å². The Hall–Kier alpha value is -2.43. The van der Waals surface area contributed by atoms with Crippen molar-refractivity contribution >= 4 is 11.8 Å². The summed E-state index contributed by atoms with van der Waals surface area (Å²) in [6.07, 6.45) is 6.20. The van der Waals surface area contributed by atoms with Gasteiger partial charge in [-0.1, -0.05) is 18.2 Å². The number of carbonyl (C=O) groups is 1. The van der Waals surface area contributed by atoms with Crippen molar-refractivity contribution in [2.45, 2.75) is 0 Å². The summed E-state index contributed by atoms with van der Waals surface area (Å²) in [6.45, 7) is 0.222. The number of anilines is 1. The van der Waals surface area contributed by atoms with Gasteiger partial charge < -0.3 is 10.5 Å². The van der Waals surface area contributed by atoms with Gasteiger partial charge in [-0.05, 0) is 24.3 Å². The van der Waals surface area contributed by atoms with E-state index in [4.69, 9.17) is 0 Å². The summed E-state index contributed by atoms with van der Waals surface area (Å²) in [5.41, 5.74) is 3.58. The second-order valence-corrected chi connectivity index (χ2v) is 3.49. The number of amides is 1. The number of nitrogens with zero attached hydrogens (tertiary/aromatic N) is 2. The maximum Gasteiger partial charge on any atom is 0.413 e. The summed E-state index contributed by atoms with van der Waals surface area (Å²) in [7, 11) is 0. The number of allylic oxidation sites excluding steroid dienone is 2. The third-order valence-corrected chi connectivity index (χ3v) is 2.31. The molecule has 0 bridgehead atoms. The minimum atomic E-state index is -0.985. The van der Waals surface area contributed by atoms with E-state index in [1.165, 1.54) is 4.90 Å². The molecule has 5 nitrogen and oxygen atoms in total. The molecule has 0 aliphatic carbocycles. The van der Waals surface area contributed by atoms with Crippen LogP contribution in [0.4, 0.5) is 10.5 Å². The first-order chi connectivity index (χ1) is 8.27. The minimum Gasteiger partial charge on any atom is -0.465 e. The van der Waals surface area contributed by atoms with Crippen molar-refractivity contribution < 1.29 is 9.90 Å². The van der Waals surface area contributed by atoms with E-state index < -0.39 is 6.09 Å². The van der Waals surface area contributed by atoms with Crippen molar-refractivity contribution in [1.29, 1.82) is 0 Å². The third kappa shape index (κ3) is 2.78. The zero-order valence-corrected chi connectivity index (χ0v) is 9.15. The summed E-state index contributed by atoms with van der Waals surface area (Å²) in [4.78, 5) is 12.5. The first-order valence-electron chi connectivity index (χ1n) is 5.19. The SMILES string of the molecule is O=C(O)N(CN1C=CC=CN1)c1ccccc1. The fourth-order valence-corrected chi connectivity index (χ4v) is 1.49. The van der Waals surface area contributed by atoms with Gasteiger partial charge in [-0.15, -0.1) is 0 Å². The number of para-hydroxylation sites is 1. The van der Waals surface area contributed by atoms with Crippen LogP contribution in [-0.2, 0) is 0 Å². The number of carboxylic acid groups (broad SMARTS) is 1. The first kappa shape index (κ1) is 11.1. The Morgan fingerprint density at radius 3 is 2.65 bits per heavy atom. The van der Waals surface area contributed by atoms with E-state index in [1.54, 1.807) is 29.5 Å². The van der Waals surface area contributed by atoms with E-state index in [1.807, 2.05) is 30.4 Å². The summed E-state index contributed by atoms with van der Waals surface area (Å²) >= 11 is 0. The number of hydrogen-bond donors (Lipinski definition) is 2. The van der Waals surface area contributed by atoms with E-state index >= 15 is 0 Å². The lowest BCUT2D eigenvalue weighted by atomic mass is 10.3. The summed E-state index contributed by atoms with van der Waals surface area (Å²) < 4.78 is 0. The molecule has 1 heterocycles. The molecule has 0 saturated carbocycles. The normalized spacial score (nSPS) is 13.3. The summed E-state index contributed by atoms with van der Waals surface area (Å²) in [5.74, 6) is 0. The van der Waals surface area contributed by atoms with Crippen molar-refractivity contribution in [3.63, 3.8) is 0 Å². The van der Waals surface area contributed by atoms with Gasteiger partial charge in [-0.3, -0.25) is 9.91 Å². The van der Waals surface area contributed by atoms with Gasteiger partial charge in [-0.25, -0.2) is 4.79 Å². The van der Waals surface area contributed by atoms with Crippen LogP contribution in [0.15, 0.2) is 54.9 Å². The summed E-state index contributed by atoms with van der Waals surface area (Å²) in [6, 6.07) is 9.00. The van der Waals surface area contributed by atoms with Crippen LogP contribution >= 0.6 is 0 Å². The standard InChI is InChI=1S/C12H13N3O2/c16-12(17)15(11-6-2-1-3-7-11)10-14-9-5-4-8-13-14/h1-9,13H,10H2,(H,16,17). The fourth-order valence-electron chi connectivity index (χ4n) is 1.49. The first-order valence-corrected chi connectivity index (χ1v) is 5.19. The Morgan fingerprint density at radius 2 is 2.06 bits per heavy atom. The molecule has 0 spiro atoms.